The van der Waals surface area contributed by atoms with E-state index in [1.54, 1.807) is 0 Å². The van der Waals surface area contributed by atoms with Crippen molar-refractivity contribution < 1.29 is 0 Å². The molecule has 0 amide bonds. The lowest BCUT2D eigenvalue weighted by Gasteiger charge is -2.28. The molecule has 46 heavy (non-hydrogen) atoms. The van der Waals surface area contributed by atoms with E-state index in [-0.39, 0.29) is 6.04 Å². The number of nitrogens with zero attached hydrogens (tertiary/aromatic N) is 3. The quantitative estimate of drug-likeness (QED) is 0.214. The van der Waals surface area contributed by atoms with Gasteiger partial charge in [-0.1, -0.05) is 91.0 Å². The number of rotatable bonds is 2. The van der Waals surface area contributed by atoms with Crippen LogP contribution in [0.4, 0.5) is 11.4 Å². The third-order valence-electron chi connectivity index (χ3n) is 9.54. The predicted molar refractivity (Wildman–Crippen MR) is 193 cm³/mol. The Morgan fingerprint density at radius 3 is 1.72 bits per heavy atom. The molecule has 1 atom stereocenters. The molecule has 0 fully saturated rings. The molecule has 9 aromatic rings. The fourth-order valence-electron chi connectivity index (χ4n) is 7.28. The van der Waals surface area contributed by atoms with Gasteiger partial charge in [-0.2, -0.15) is 0 Å². The highest BCUT2D eigenvalue weighted by molar-refractivity contribution is 6.12. The van der Waals surface area contributed by atoms with Crippen molar-refractivity contribution in [2.75, 3.05) is 5.32 Å². The molecule has 4 heteroatoms. The zero-order valence-corrected chi connectivity index (χ0v) is 24.9. The van der Waals surface area contributed by atoms with Crippen LogP contribution in [-0.2, 0) is 0 Å². The molecule has 6 aromatic carbocycles. The van der Waals surface area contributed by atoms with Gasteiger partial charge in [0.05, 0.1) is 34.2 Å². The monoisotopic (exact) mass is 588 g/mol. The maximum Gasteiger partial charge on any atom is 0.0947 e. The lowest BCUT2D eigenvalue weighted by atomic mass is 9.94. The normalized spacial score (nSPS) is 14.6. The Kier molecular flexibility index (Phi) is 5.31. The molecule has 1 aliphatic heterocycles. The highest BCUT2D eigenvalue weighted by Gasteiger charge is 2.25. The van der Waals surface area contributed by atoms with Crippen molar-refractivity contribution in [3.63, 3.8) is 0 Å². The van der Waals surface area contributed by atoms with Crippen LogP contribution >= 0.6 is 0 Å². The van der Waals surface area contributed by atoms with Gasteiger partial charge in [0.25, 0.3) is 0 Å². The summed E-state index contributed by atoms with van der Waals surface area (Å²) in [7, 11) is 0. The first kappa shape index (κ1) is 25.2. The molecule has 216 valence electrons. The first-order valence-corrected chi connectivity index (χ1v) is 15.7. The second-order valence-corrected chi connectivity index (χ2v) is 12.2. The minimum Gasteiger partial charge on any atom is -0.371 e. The number of para-hydroxylation sites is 2. The maximum absolute atomic E-state index is 5.34. The molecule has 4 heterocycles. The van der Waals surface area contributed by atoms with Crippen LogP contribution in [0.15, 0.2) is 163 Å². The summed E-state index contributed by atoms with van der Waals surface area (Å²) in [6.45, 7) is 0. The number of aromatic nitrogens is 2. The van der Waals surface area contributed by atoms with Crippen LogP contribution in [0.2, 0.25) is 0 Å². The maximum atomic E-state index is 5.34. The largest absolute Gasteiger partial charge is 0.371 e. The molecule has 0 radical (unpaired) electrons. The van der Waals surface area contributed by atoms with Gasteiger partial charge in [0, 0.05) is 29.0 Å². The van der Waals surface area contributed by atoms with Gasteiger partial charge in [0.15, 0.2) is 0 Å². The number of hydrogen-bond donors (Lipinski definition) is 1. The fraction of sp³-hybridized carbons (Fsp3) is 0.0238. The molecule has 0 spiro atoms. The van der Waals surface area contributed by atoms with Gasteiger partial charge in [0.1, 0.15) is 0 Å². The average molecular weight is 589 g/mol. The minimum absolute atomic E-state index is 0.100. The van der Waals surface area contributed by atoms with Crippen LogP contribution in [0.5, 0.6) is 0 Å². The van der Waals surface area contributed by atoms with E-state index in [1.165, 1.54) is 48.9 Å². The van der Waals surface area contributed by atoms with E-state index in [1.807, 2.05) is 0 Å². The zero-order chi connectivity index (χ0) is 30.2. The average Bonchev–Trinajstić information content (AvgIpc) is 3.75. The molecule has 1 aliphatic rings. The van der Waals surface area contributed by atoms with Crippen molar-refractivity contribution in [1.82, 2.24) is 8.80 Å². The van der Waals surface area contributed by atoms with Crippen molar-refractivity contribution in [1.29, 1.82) is 0 Å². The summed E-state index contributed by atoms with van der Waals surface area (Å²) in [6, 6.07) is 52.6. The standard InChI is InChI=1S/C42H28N4/c1-2-8-29(9-3-1)41-42(44-38-13-7-6-12-37(38)43-41)32-22-33-26-34(23-32)46-21-19-28-15-17-31(25-40(28)46)36-11-5-4-10-35(36)30-16-14-27-18-20-45(33)39(27)24-30/h1-26,41,43H. The van der Waals surface area contributed by atoms with Crippen molar-refractivity contribution in [3.8, 4) is 0 Å². The Balaban J connectivity index is 1.38. The van der Waals surface area contributed by atoms with E-state index in [2.05, 4.69) is 172 Å². The van der Waals surface area contributed by atoms with Crippen LogP contribution in [0, 0.1) is 0 Å². The SMILES string of the molecule is c1ccc(C2Nc3ccccc3N=C2c2cc3cc(c2)n2ccc4ccc(cc42)c2ccccc2c2ccc4ccn3c4c2)cc1. The Morgan fingerprint density at radius 1 is 0.500 bits per heavy atom. The van der Waals surface area contributed by atoms with Crippen LogP contribution in [0.3, 0.4) is 0 Å². The van der Waals surface area contributed by atoms with Crippen LogP contribution in [0.25, 0.3) is 54.4 Å². The smallest absolute Gasteiger partial charge is 0.0947 e. The highest BCUT2D eigenvalue weighted by Crippen LogP contribution is 2.37. The summed E-state index contributed by atoms with van der Waals surface area (Å²) < 4.78 is 4.65. The lowest BCUT2D eigenvalue weighted by Crippen LogP contribution is -2.25. The Bertz CT molecular complexity index is 2600. The van der Waals surface area contributed by atoms with E-state index in [4.69, 9.17) is 4.99 Å². The van der Waals surface area contributed by atoms with E-state index < -0.39 is 0 Å². The summed E-state index contributed by atoms with van der Waals surface area (Å²) in [6.07, 6.45) is 4.39. The molecule has 0 saturated carbocycles. The summed E-state index contributed by atoms with van der Waals surface area (Å²) in [4.78, 5) is 5.34. The number of nitrogens with one attached hydrogen (secondary N) is 1. The van der Waals surface area contributed by atoms with Gasteiger partial charge in [-0.05, 0) is 92.5 Å². The minimum atomic E-state index is -0.100. The van der Waals surface area contributed by atoms with Crippen molar-refractivity contribution >= 4 is 71.5 Å². The molecule has 6 bridgehead atoms. The molecule has 1 unspecified atom stereocenters. The first-order chi connectivity index (χ1) is 22.8. The third kappa shape index (κ3) is 3.83. The first-order valence-electron chi connectivity index (χ1n) is 15.7. The molecular formula is C42H28N4. The lowest BCUT2D eigenvalue weighted by molar-refractivity contribution is 1.01. The fourth-order valence-corrected chi connectivity index (χ4v) is 7.28. The number of benzene rings is 6. The third-order valence-corrected chi connectivity index (χ3v) is 9.54. The van der Waals surface area contributed by atoms with E-state index in [0.717, 1.165) is 33.7 Å². The van der Waals surface area contributed by atoms with Gasteiger partial charge in [0.2, 0.25) is 0 Å². The van der Waals surface area contributed by atoms with E-state index >= 15 is 0 Å². The van der Waals surface area contributed by atoms with Gasteiger partial charge in [-0.25, -0.2) is 4.99 Å². The summed E-state index contributed by atoms with van der Waals surface area (Å²) >= 11 is 0. The summed E-state index contributed by atoms with van der Waals surface area (Å²) in [5.41, 5.74) is 9.79. The molecule has 3 aromatic heterocycles. The Labute approximate surface area is 265 Å². The van der Waals surface area contributed by atoms with Crippen molar-refractivity contribution in [3.05, 3.63) is 169 Å². The van der Waals surface area contributed by atoms with Gasteiger partial charge in [-0.15, -0.1) is 0 Å². The second kappa shape index (κ2) is 9.68. The summed E-state index contributed by atoms with van der Waals surface area (Å²) in [5.74, 6) is 0. The number of aliphatic imine (C=N–C) groups is 1. The molecular weight excluding hydrogens is 560 g/mol. The van der Waals surface area contributed by atoms with Crippen LogP contribution in [-0.4, -0.2) is 14.5 Å². The van der Waals surface area contributed by atoms with Crippen molar-refractivity contribution in [2.45, 2.75) is 6.04 Å². The number of hydrogen-bond acceptors (Lipinski definition) is 2. The van der Waals surface area contributed by atoms with Crippen LogP contribution in [0.1, 0.15) is 17.2 Å². The highest BCUT2D eigenvalue weighted by atomic mass is 15.0. The summed E-state index contributed by atoms with van der Waals surface area (Å²) in [5, 5.41) is 11.1. The predicted octanol–water partition coefficient (Wildman–Crippen LogP) is 10.7. The van der Waals surface area contributed by atoms with Crippen molar-refractivity contribution in [2.24, 2.45) is 4.99 Å². The number of anilines is 1. The molecule has 0 aliphatic carbocycles. The van der Waals surface area contributed by atoms with Gasteiger partial charge in [-0.3, -0.25) is 0 Å². The van der Waals surface area contributed by atoms with Crippen LogP contribution < -0.4 is 5.32 Å². The van der Waals surface area contributed by atoms with E-state index in [9.17, 15) is 0 Å². The van der Waals surface area contributed by atoms with Gasteiger partial charge < -0.3 is 14.1 Å². The molecule has 1 N–H and O–H groups in total. The van der Waals surface area contributed by atoms with Gasteiger partial charge >= 0.3 is 0 Å². The zero-order valence-electron chi connectivity index (χ0n) is 24.9. The number of fused-ring (bicyclic) bond motifs is 10. The Hall–Kier alpha value is -6.13. The molecule has 0 saturated heterocycles. The molecule has 10 rings (SSSR count). The second-order valence-electron chi connectivity index (χ2n) is 12.2. The Morgan fingerprint density at radius 2 is 1.07 bits per heavy atom. The molecule has 4 nitrogen and oxygen atoms in total. The van der Waals surface area contributed by atoms with E-state index in [0.29, 0.717) is 0 Å². The topological polar surface area (TPSA) is 33.2 Å².